The molecule has 0 bridgehead atoms. The second kappa shape index (κ2) is 7.90. The molecule has 0 saturated carbocycles. The molecule has 0 aliphatic carbocycles. The van der Waals surface area contributed by atoms with Gasteiger partial charge in [0.25, 0.3) is 5.91 Å². The highest BCUT2D eigenvalue weighted by Crippen LogP contribution is 2.17. The Balaban J connectivity index is 1.48. The number of nitrogens with one attached hydrogen (secondary N) is 1. The summed E-state index contributed by atoms with van der Waals surface area (Å²) in [6.45, 7) is 10.3. The third kappa shape index (κ3) is 4.21. The Morgan fingerprint density at radius 2 is 2.00 bits per heavy atom. The average molecular weight is 333 g/mol. The second-order valence-electron chi connectivity index (χ2n) is 6.82. The van der Waals surface area contributed by atoms with Gasteiger partial charge in [-0.05, 0) is 32.7 Å². The number of amides is 1. The number of morpholine rings is 1. The number of ether oxygens (including phenoxy) is 1. The van der Waals surface area contributed by atoms with Crippen molar-refractivity contribution >= 4 is 11.9 Å². The van der Waals surface area contributed by atoms with Crippen LogP contribution in [-0.2, 0) is 4.74 Å². The van der Waals surface area contributed by atoms with E-state index < -0.39 is 0 Å². The highest BCUT2D eigenvalue weighted by atomic mass is 16.5. The largest absolute Gasteiger partial charge is 0.378 e. The molecular weight excluding hydrogens is 306 g/mol. The maximum atomic E-state index is 12.3. The molecule has 2 saturated heterocycles. The molecule has 2 fully saturated rings. The van der Waals surface area contributed by atoms with Crippen molar-refractivity contribution in [3.8, 4) is 0 Å². The Morgan fingerprint density at radius 1 is 1.29 bits per heavy atom. The van der Waals surface area contributed by atoms with Gasteiger partial charge in [0.1, 0.15) is 0 Å². The summed E-state index contributed by atoms with van der Waals surface area (Å²) in [6.07, 6.45) is 4.37. The van der Waals surface area contributed by atoms with Crippen LogP contribution in [0.1, 0.15) is 30.6 Å². The zero-order valence-corrected chi connectivity index (χ0v) is 14.6. The monoisotopic (exact) mass is 333 g/mol. The van der Waals surface area contributed by atoms with Crippen molar-refractivity contribution in [2.75, 3.05) is 50.8 Å². The molecule has 3 rings (SSSR count). The van der Waals surface area contributed by atoms with Gasteiger partial charge in [0, 0.05) is 44.6 Å². The summed E-state index contributed by atoms with van der Waals surface area (Å²) in [7, 11) is 0. The Morgan fingerprint density at radius 3 is 2.62 bits per heavy atom. The van der Waals surface area contributed by atoms with E-state index in [-0.39, 0.29) is 5.91 Å². The quantitative estimate of drug-likeness (QED) is 0.858. The predicted molar refractivity (Wildman–Crippen MR) is 92.2 cm³/mol. The van der Waals surface area contributed by atoms with Crippen LogP contribution in [0.2, 0.25) is 0 Å². The first-order chi connectivity index (χ1) is 11.6. The summed E-state index contributed by atoms with van der Waals surface area (Å²) in [5.74, 6) is 1.11. The molecule has 0 unspecified atom stereocenters. The lowest BCUT2D eigenvalue weighted by molar-refractivity contribution is 0.0946. The fraction of sp³-hybridized carbons (Fsp3) is 0.706. The van der Waals surface area contributed by atoms with Crippen molar-refractivity contribution in [1.29, 1.82) is 0 Å². The highest BCUT2D eigenvalue weighted by molar-refractivity contribution is 5.93. The smallest absolute Gasteiger partial charge is 0.254 e. The number of hydrogen-bond acceptors (Lipinski definition) is 6. The number of carbonyl (C=O) groups excluding carboxylic acids is 1. The lowest BCUT2D eigenvalue weighted by Gasteiger charge is -2.26. The number of likely N-dealkylation sites (tertiary alicyclic amines) is 1. The van der Waals surface area contributed by atoms with Crippen molar-refractivity contribution in [1.82, 2.24) is 20.2 Å². The summed E-state index contributed by atoms with van der Waals surface area (Å²) in [6, 6.07) is 0.576. The van der Waals surface area contributed by atoms with Gasteiger partial charge in [0.2, 0.25) is 5.95 Å². The van der Waals surface area contributed by atoms with Crippen molar-refractivity contribution in [2.45, 2.75) is 26.3 Å². The molecule has 1 amide bonds. The van der Waals surface area contributed by atoms with Crippen LogP contribution in [0.5, 0.6) is 0 Å². The minimum atomic E-state index is -0.0912. The molecule has 0 radical (unpaired) electrons. The Bertz CT molecular complexity index is 542. The first-order valence-electron chi connectivity index (χ1n) is 8.80. The van der Waals surface area contributed by atoms with Gasteiger partial charge >= 0.3 is 0 Å². The van der Waals surface area contributed by atoms with Gasteiger partial charge in [-0.3, -0.25) is 4.79 Å². The maximum Gasteiger partial charge on any atom is 0.254 e. The zero-order chi connectivity index (χ0) is 16.9. The van der Waals surface area contributed by atoms with Crippen molar-refractivity contribution in [2.24, 2.45) is 5.92 Å². The third-order valence-electron chi connectivity index (χ3n) is 4.79. The summed E-state index contributed by atoms with van der Waals surface area (Å²) < 4.78 is 5.32. The van der Waals surface area contributed by atoms with Crippen LogP contribution in [0.25, 0.3) is 0 Å². The number of rotatable bonds is 5. The lowest BCUT2D eigenvalue weighted by Crippen LogP contribution is -2.37. The average Bonchev–Trinajstić information content (AvgIpc) is 3.10. The fourth-order valence-corrected chi connectivity index (χ4v) is 3.20. The first kappa shape index (κ1) is 17.1. The van der Waals surface area contributed by atoms with Gasteiger partial charge in [0.15, 0.2) is 0 Å². The minimum absolute atomic E-state index is 0.0912. The normalized spacial score (nSPS) is 22.1. The van der Waals surface area contributed by atoms with E-state index in [0.717, 1.165) is 32.6 Å². The van der Waals surface area contributed by atoms with E-state index in [0.29, 0.717) is 43.2 Å². The number of anilines is 1. The fourth-order valence-electron chi connectivity index (χ4n) is 3.20. The Hall–Kier alpha value is -1.73. The molecule has 1 aromatic rings. The molecule has 3 heterocycles. The Labute approximate surface area is 143 Å². The molecule has 1 aromatic heterocycles. The van der Waals surface area contributed by atoms with Crippen molar-refractivity contribution in [3.05, 3.63) is 18.0 Å². The van der Waals surface area contributed by atoms with E-state index in [4.69, 9.17) is 4.74 Å². The zero-order valence-electron chi connectivity index (χ0n) is 14.6. The summed E-state index contributed by atoms with van der Waals surface area (Å²) >= 11 is 0. The highest BCUT2D eigenvalue weighted by Gasteiger charge is 2.24. The molecule has 2 aliphatic heterocycles. The van der Waals surface area contributed by atoms with E-state index >= 15 is 0 Å². The van der Waals surface area contributed by atoms with Gasteiger partial charge < -0.3 is 19.9 Å². The van der Waals surface area contributed by atoms with E-state index in [1.165, 1.54) is 0 Å². The SMILES string of the molecule is CC(C)N1CC[C@H](CNC(=O)c2cnc(N3CCOCC3)nc2)C1. The van der Waals surface area contributed by atoms with Crippen LogP contribution in [0.3, 0.4) is 0 Å². The summed E-state index contributed by atoms with van der Waals surface area (Å²) in [5, 5.41) is 3.02. The number of nitrogens with zero attached hydrogens (tertiary/aromatic N) is 4. The molecule has 2 aliphatic rings. The number of aromatic nitrogens is 2. The summed E-state index contributed by atoms with van der Waals surface area (Å²) in [4.78, 5) is 25.5. The predicted octanol–water partition coefficient (Wildman–Crippen LogP) is 0.773. The van der Waals surface area contributed by atoms with E-state index in [1.54, 1.807) is 12.4 Å². The molecule has 24 heavy (non-hydrogen) atoms. The summed E-state index contributed by atoms with van der Waals surface area (Å²) in [5.41, 5.74) is 0.519. The van der Waals surface area contributed by atoms with E-state index in [1.807, 2.05) is 0 Å². The van der Waals surface area contributed by atoms with Gasteiger partial charge in [0.05, 0.1) is 18.8 Å². The van der Waals surface area contributed by atoms with Gasteiger partial charge in [-0.1, -0.05) is 0 Å². The van der Waals surface area contributed by atoms with E-state index in [2.05, 4.69) is 38.9 Å². The first-order valence-corrected chi connectivity index (χ1v) is 8.80. The van der Waals surface area contributed by atoms with Crippen LogP contribution in [-0.4, -0.2) is 72.8 Å². The van der Waals surface area contributed by atoms with Gasteiger partial charge in [-0.2, -0.15) is 0 Å². The molecule has 0 aromatic carbocycles. The molecular formula is C17H27N5O2. The van der Waals surface area contributed by atoms with Gasteiger partial charge in [-0.15, -0.1) is 0 Å². The van der Waals surface area contributed by atoms with Crippen LogP contribution < -0.4 is 10.2 Å². The van der Waals surface area contributed by atoms with Crippen LogP contribution in [0.4, 0.5) is 5.95 Å². The molecule has 1 N–H and O–H groups in total. The van der Waals surface area contributed by atoms with Crippen molar-refractivity contribution < 1.29 is 9.53 Å². The number of hydrogen-bond donors (Lipinski definition) is 1. The topological polar surface area (TPSA) is 70.6 Å². The van der Waals surface area contributed by atoms with Crippen molar-refractivity contribution in [3.63, 3.8) is 0 Å². The van der Waals surface area contributed by atoms with Crippen LogP contribution in [0.15, 0.2) is 12.4 Å². The van der Waals surface area contributed by atoms with Gasteiger partial charge in [-0.25, -0.2) is 9.97 Å². The molecule has 7 nitrogen and oxygen atoms in total. The Kier molecular flexibility index (Phi) is 5.63. The molecule has 1 atom stereocenters. The maximum absolute atomic E-state index is 12.3. The minimum Gasteiger partial charge on any atom is -0.378 e. The lowest BCUT2D eigenvalue weighted by atomic mass is 10.1. The molecule has 7 heteroatoms. The standard InChI is InChI=1S/C17H27N5O2/c1-13(2)22-4-3-14(12-22)9-18-16(23)15-10-19-17(20-11-15)21-5-7-24-8-6-21/h10-11,13-14H,3-9,12H2,1-2H3,(H,18,23)/t14-/m1/s1. The van der Waals surface area contributed by atoms with Crippen LogP contribution >= 0.6 is 0 Å². The van der Waals surface area contributed by atoms with Crippen LogP contribution in [0, 0.1) is 5.92 Å². The van der Waals surface area contributed by atoms with E-state index in [9.17, 15) is 4.79 Å². The molecule has 132 valence electrons. The molecule has 0 spiro atoms. The second-order valence-corrected chi connectivity index (χ2v) is 6.82. The number of carbonyl (C=O) groups is 1. The third-order valence-corrected chi connectivity index (χ3v) is 4.79.